The van der Waals surface area contributed by atoms with Gasteiger partial charge in [0.2, 0.25) is 0 Å². The number of hydrogen-bond acceptors (Lipinski definition) is 4. The Morgan fingerprint density at radius 3 is 3.00 bits per heavy atom. The summed E-state index contributed by atoms with van der Waals surface area (Å²) in [5, 5.41) is 7.10. The second-order valence-electron chi connectivity index (χ2n) is 3.38. The molecule has 0 radical (unpaired) electrons. The first kappa shape index (κ1) is 11.6. The van der Waals surface area contributed by atoms with Gasteiger partial charge in [0.15, 0.2) is 6.10 Å². The maximum atomic E-state index is 10.5. The van der Waals surface area contributed by atoms with Gasteiger partial charge in [-0.1, -0.05) is 11.6 Å². The minimum Gasteiger partial charge on any atom is -0.458 e. The number of ether oxygens (including phenoxy) is 1. The van der Waals surface area contributed by atoms with Crippen molar-refractivity contribution in [2.75, 3.05) is 0 Å². The minimum absolute atomic E-state index is 0.395. The van der Waals surface area contributed by atoms with Crippen molar-refractivity contribution in [3.63, 3.8) is 0 Å². The summed E-state index contributed by atoms with van der Waals surface area (Å²) >= 11 is 6.01. The van der Waals surface area contributed by atoms with Crippen LogP contribution in [0.15, 0.2) is 30.6 Å². The van der Waals surface area contributed by atoms with Crippen molar-refractivity contribution in [3.8, 4) is 0 Å². The van der Waals surface area contributed by atoms with Gasteiger partial charge in [-0.15, -0.1) is 0 Å². The Bertz CT molecular complexity index is 487. The number of pyridine rings is 1. The lowest BCUT2D eigenvalue weighted by molar-refractivity contribution is -0.134. The molecule has 5 nitrogen and oxygen atoms in total. The Balaban J connectivity index is 2.23. The van der Waals surface area contributed by atoms with Crippen LogP contribution in [0.25, 0.3) is 0 Å². The summed E-state index contributed by atoms with van der Waals surface area (Å²) in [6.07, 6.45) is 3.18. The third kappa shape index (κ3) is 2.82. The van der Waals surface area contributed by atoms with Crippen LogP contribution in [0.1, 0.15) is 17.5 Å². The molecule has 0 spiro atoms. The number of H-pyrrole nitrogens is 1. The maximum Gasteiger partial charge on any atom is 0.293 e. The number of aromatic nitrogens is 3. The molecule has 1 atom stereocenters. The number of halogens is 1. The zero-order chi connectivity index (χ0) is 12.1. The molecule has 6 heteroatoms. The first-order valence-corrected chi connectivity index (χ1v) is 5.37. The molecule has 2 aromatic rings. The molecule has 2 rings (SSSR count). The molecule has 0 aromatic carbocycles. The standard InChI is InChI=1S/C11H10ClN3O2/c12-9-2-1-4-13-11(9)10(17-7-16)6-8-3-5-14-15-8/h1-5,7,10H,6H2,(H,14,15). The minimum atomic E-state index is -0.512. The maximum absolute atomic E-state index is 10.5. The van der Waals surface area contributed by atoms with Gasteiger partial charge < -0.3 is 4.74 Å². The van der Waals surface area contributed by atoms with Crippen LogP contribution in [-0.2, 0) is 16.0 Å². The highest BCUT2D eigenvalue weighted by molar-refractivity contribution is 6.31. The van der Waals surface area contributed by atoms with Crippen LogP contribution in [-0.4, -0.2) is 21.7 Å². The van der Waals surface area contributed by atoms with Gasteiger partial charge in [-0.2, -0.15) is 5.10 Å². The van der Waals surface area contributed by atoms with Crippen molar-refractivity contribution in [1.29, 1.82) is 0 Å². The molecule has 1 unspecified atom stereocenters. The fraction of sp³-hybridized carbons (Fsp3) is 0.182. The van der Waals surface area contributed by atoms with Gasteiger partial charge in [-0.05, 0) is 18.2 Å². The van der Waals surface area contributed by atoms with Gasteiger partial charge in [0.25, 0.3) is 6.47 Å². The van der Waals surface area contributed by atoms with Gasteiger partial charge in [0.05, 0.1) is 10.7 Å². The van der Waals surface area contributed by atoms with Crippen molar-refractivity contribution in [3.05, 3.63) is 47.0 Å². The Kier molecular flexibility index (Phi) is 3.72. The molecule has 1 N–H and O–H groups in total. The van der Waals surface area contributed by atoms with E-state index in [4.69, 9.17) is 16.3 Å². The van der Waals surface area contributed by atoms with E-state index in [1.807, 2.05) is 0 Å². The van der Waals surface area contributed by atoms with Crippen LogP contribution < -0.4 is 0 Å². The van der Waals surface area contributed by atoms with Gasteiger partial charge in [-0.3, -0.25) is 14.9 Å². The van der Waals surface area contributed by atoms with E-state index < -0.39 is 6.10 Å². The van der Waals surface area contributed by atoms with Crippen molar-refractivity contribution in [2.24, 2.45) is 0 Å². The number of nitrogens with one attached hydrogen (secondary N) is 1. The van der Waals surface area contributed by atoms with Crippen LogP contribution >= 0.6 is 11.6 Å². The summed E-state index contributed by atoms with van der Waals surface area (Å²) in [6, 6.07) is 5.23. The summed E-state index contributed by atoms with van der Waals surface area (Å²) in [5.41, 5.74) is 1.38. The van der Waals surface area contributed by atoms with E-state index in [2.05, 4.69) is 15.2 Å². The Morgan fingerprint density at radius 1 is 1.47 bits per heavy atom. The van der Waals surface area contributed by atoms with E-state index in [1.54, 1.807) is 30.6 Å². The van der Waals surface area contributed by atoms with Crippen LogP contribution in [0.3, 0.4) is 0 Å². The normalized spacial score (nSPS) is 12.1. The molecule has 2 heterocycles. The predicted molar refractivity (Wildman–Crippen MR) is 61.4 cm³/mol. The van der Waals surface area contributed by atoms with E-state index in [0.29, 0.717) is 23.6 Å². The van der Waals surface area contributed by atoms with Crippen LogP contribution in [0.4, 0.5) is 0 Å². The van der Waals surface area contributed by atoms with Gasteiger partial charge in [0, 0.05) is 24.5 Å². The number of nitrogens with zero attached hydrogens (tertiary/aromatic N) is 2. The Hall–Kier alpha value is -1.88. The summed E-state index contributed by atoms with van der Waals surface area (Å²) in [6.45, 7) is 0.395. The monoisotopic (exact) mass is 251 g/mol. The average Bonchev–Trinajstić information content (AvgIpc) is 2.82. The van der Waals surface area contributed by atoms with Crippen molar-refractivity contribution in [2.45, 2.75) is 12.5 Å². The Morgan fingerprint density at radius 2 is 2.35 bits per heavy atom. The lowest BCUT2D eigenvalue weighted by atomic mass is 10.1. The van der Waals surface area contributed by atoms with Crippen LogP contribution in [0.2, 0.25) is 5.02 Å². The highest BCUT2D eigenvalue weighted by Crippen LogP contribution is 2.25. The molecule has 0 saturated carbocycles. The molecule has 0 bridgehead atoms. The van der Waals surface area contributed by atoms with E-state index in [1.165, 1.54) is 0 Å². The SMILES string of the molecule is O=COC(Cc1ccn[nH]1)c1ncccc1Cl. The molecule has 17 heavy (non-hydrogen) atoms. The largest absolute Gasteiger partial charge is 0.458 e. The van der Waals surface area contributed by atoms with Gasteiger partial charge >= 0.3 is 0 Å². The second-order valence-corrected chi connectivity index (χ2v) is 3.78. The fourth-order valence-electron chi connectivity index (χ4n) is 1.51. The molecule has 0 aliphatic heterocycles. The zero-order valence-electron chi connectivity index (χ0n) is 8.84. The summed E-state index contributed by atoms with van der Waals surface area (Å²) in [5.74, 6) is 0. The van der Waals surface area contributed by atoms with Gasteiger partial charge in [-0.25, -0.2) is 0 Å². The Labute approximate surface area is 103 Å². The van der Waals surface area contributed by atoms with E-state index >= 15 is 0 Å². The smallest absolute Gasteiger partial charge is 0.293 e. The first-order chi connectivity index (χ1) is 8.31. The first-order valence-electron chi connectivity index (χ1n) is 4.99. The molecule has 0 aliphatic carbocycles. The van der Waals surface area contributed by atoms with E-state index in [-0.39, 0.29) is 0 Å². The van der Waals surface area contributed by atoms with Crippen molar-refractivity contribution < 1.29 is 9.53 Å². The second kappa shape index (κ2) is 5.45. The lowest BCUT2D eigenvalue weighted by Gasteiger charge is -2.14. The number of rotatable bonds is 5. The molecule has 0 aliphatic rings. The average molecular weight is 252 g/mol. The quantitative estimate of drug-likeness (QED) is 0.825. The number of carbonyl (C=O) groups excluding carboxylic acids is 1. The van der Waals surface area contributed by atoms with Gasteiger partial charge in [0.1, 0.15) is 0 Å². The third-order valence-electron chi connectivity index (χ3n) is 2.28. The number of aromatic amines is 1. The summed E-state index contributed by atoms with van der Waals surface area (Å²) < 4.78 is 5.01. The molecule has 0 saturated heterocycles. The molecule has 88 valence electrons. The highest BCUT2D eigenvalue weighted by atomic mass is 35.5. The van der Waals surface area contributed by atoms with Crippen molar-refractivity contribution >= 4 is 18.1 Å². The predicted octanol–water partition coefficient (Wildman–Crippen LogP) is 1.91. The summed E-state index contributed by atoms with van der Waals surface area (Å²) in [7, 11) is 0. The highest BCUT2D eigenvalue weighted by Gasteiger charge is 2.18. The molecule has 0 fully saturated rings. The van der Waals surface area contributed by atoms with E-state index in [9.17, 15) is 4.79 Å². The number of carbonyl (C=O) groups is 1. The topological polar surface area (TPSA) is 67.9 Å². The fourth-order valence-corrected chi connectivity index (χ4v) is 1.75. The summed E-state index contributed by atoms with van der Waals surface area (Å²) in [4.78, 5) is 14.6. The van der Waals surface area contributed by atoms with E-state index in [0.717, 1.165) is 5.69 Å². The molecule has 2 aromatic heterocycles. The van der Waals surface area contributed by atoms with Crippen molar-refractivity contribution in [1.82, 2.24) is 15.2 Å². The molecule has 0 amide bonds. The third-order valence-corrected chi connectivity index (χ3v) is 2.60. The molecular weight excluding hydrogens is 242 g/mol. The lowest BCUT2D eigenvalue weighted by Crippen LogP contribution is -2.09. The van der Waals surface area contributed by atoms with Crippen LogP contribution in [0, 0.1) is 0 Å². The van der Waals surface area contributed by atoms with Crippen LogP contribution in [0.5, 0.6) is 0 Å². The zero-order valence-corrected chi connectivity index (χ0v) is 9.59. The molecular formula is C11H10ClN3O2. The number of hydrogen-bond donors (Lipinski definition) is 1.